The van der Waals surface area contributed by atoms with Crippen LogP contribution in [-0.4, -0.2) is 11.2 Å². The first-order valence-corrected chi connectivity index (χ1v) is 4.01. The van der Waals surface area contributed by atoms with Gasteiger partial charge in [0.1, 0.15) is 11.6 Å². The van der Waals surface area contributed by atoms with Crippen molar-refractivity contribution in [3.05, 3.63) is 34.9 Å². The van der Waals surface area contributed by atoms with Crippen LogP contribution < -0.4 is 5.73 Å². The minimum Gasteiger partial charge on any atom is -0.391 e. The van der Waals surface area contributed by atoms with E-state index in [0.717, 1.165) is 6.07 Å². The van der Waals surface area contributed by atoms with Crippen molar-refractivity contribution in [2.45, 2.75) is 18.6 Å². The molecule has 0 saturated carbocycles. The van der Waals surface area contributed by atoms with E-state index in [9.17, 15) is 13.9 Å². The van der Waals surface area contributed by atoms with Crippen LogP contribution in [0.25, 0.3) is 0 Å². The second-order valence-corrected chi connectivity index (χ2v) is 3.25. The van der Waals surface area contributed by atoms with Gasteiger partial charge in [-0.3, -0.25) is 0 Å². The van der Waals surface area contributed by atoms with E-state index in [2.05, 4.69) is 0 Å². The number of aliphatic hydroxyl groups is 1. The molecule has 0 aliphatic heterocycles. The van der Waals surface area contributed by atoms with Crippen molar-refractivity contribution < 1.29 is 13.9 Å². The molecule has 70 valence electrons. The predicted molar refractivity (Wildman–Crippen MR) is 43.0 cm³/mol. The molecule has 0 unspecified atom stereocenters. The maximum atomic E-state index is 13.1. The number of benzene rings is 1. The van der Waals surface area contributed by atoms with Gasteiger partial charge in [0, 0.05) is 12.5 Å². The third kappa shape index (κ3) is 1.22. The van der Waals surface area contributed by atoms with E-state index in [1.807, 2.05) is 0 Å². The molecule has 0 spiro atoms. The Labute approximate surface area is 74.0 Å². The molecule has 0 amide bonds. The van der Waals surface area contributed by atoms with Crippen LogP contribution in [-0.2, 0) is 6.42 Å². The first-order chi connectivity index (χ1) is 6.09. The van der Waals surface area contributed by atoms with Crippen molar-refractivity contribution >= 4 is 0 Å². The fraction of sp³-hybridized carbons (Fsp3) is 0.333. The zero-order chi connectivity index (χ0) is 9.59. The number of halogens is 2. The van der Waals surface area contributed by atoms with Crippen LogP contribution in [0.3, 0.4) is 0 Å². The van der Waals surface area contributed by atoms with E-state index >= 15 is 0 Å². The van der Waals surface area contributed by atoms with Crippen LogP contribution in [0.5, 0.6) is 0 Å². The lowest BCUT2D eigenvalue weighted by atomic mass is 10.1. The molecule has 1 aliphatic carbocycles. The standard InChI is InChI=1S/C9H9F2NO/c10-4-1-6-5(7(11)2-4)3-8(13)9(6)12/h1-2,8-9,13H,3,12H2/t8-,9-/m0/s1. The topological polar surface area (TPSA) is 46.2 Å². The van der Waals surface area contributed by atoms with Crippen LogP contribution in [0.15, 0.2) is 12.1 Å². The molecule has 1 aliphatic rings. The molecule has 0 fully saturated rings. The quantitative estimate of drug-likeness (QED) is 0.630. The third-order valence-electron chi connectivity index (χ3n) is 2.38. The number of hydrogen-bond acceptors (Lipinski definition) is 2. The fourth-order valence-electron chi connectivity index (χ4n) is 1.68. The SMILES string of the molecule is N[C@H]1c2cc(F)cc(F)c2C[C@@H]1O. The van der Waals surface area contributed by atoms with E-state index in [-0.39, 0.29) is 6.42 Å². The van der Waals surface area contributed by atoms with Crippen LogP contribution in [0.1, 0.15) is 17.2 Å². The Hall–Kier alpha value is -1.00. The van der Waals surface area contributed by atoms with Crippen molar-refractivity contribution in [3.63, 3.8) is 0 Å². The molecule has 0 aromatic heterocycles. The highest BCUT2D eigenvalue weighted by Gasteiger charge is 2.30. The maximum Gasteiger partial charge on any atom is 0.129 e. The van der Waals surface area contributed by atoms with Gasteiger partial charge in [0.15, 0.2) is 0 Å². The zero-order valence-electron chi connectivity index (χ0n) is 6.80. The molecular weight excluding hydrogens is 176 g/mol. The molecule has 4 heteroatoms. The molecular formula is C9H9F2NO. The normalized spacial score (nSPS) is 26.2. The molecule has 2 atom stereocenters. The van der Waals surface area contributed by atoms with Gasteiger partial charge in [-0.2, -0.15) is 0 Å². The van der Waals surface area contributed by atoms with Crippen LogP contribution in [0.2, 0.25) is 0 Å². The number of nitrogens with two attached hydrogens (primary N) is 1. The highest BCUT2D eigenvalue weighted by Crippen LogP contribution is 2.31. The minimum absolute atomic E-state index is 0.169. The van der Waals surface area contributed by atoms with Crippen molar-refractivity contribution in [1.29, 1.82) is 0 Å². The summed E-state index contributed by atoms with van der Waals surface area (Å²) in [4.78, 5) is 0. The van der Waals surface area contributed by atoms with Gasteiger partial charge < -0.3 is 10.8 Å². The summed E-state index contributed by atoms with van der Waals surface area (Å²) in [5.74, 6) is -1.28. The Balaban J connectivity index is 2.57. The maximum absolute atomic E-state index is 13.1. The van der Waals surface area contributed by atoms with Gasteiger partial charge >= 0.3 is 0 Å². The van der Waals surface area contributed by atoms with E-state index in [0.29, 0.717) is 11.1 Å². The van der Waals surface area contributed by atoms with E-state index < -0.39 is 23.8 Å². The monoisotopic (exact) mass is 185 g/mol. The molecule has 13 heavy (non-hydrogen) atoms. The summed E-state index contributed by atoms with van der Waals surface area (Å²) in [6, 6.07) is 1.32. The Kier molecular flexibility index (Phi) is 1.82. The minimum atomic E-state index is -0.800. The van der Waals surface area contributed by atoms with Crippen LogP contribution in [0.4, 0.5) is 8.78 Å². The molecule has 1 aromatic carbocycles. The lowest BCUT2D eigenvalue weighted by Gasteiger charge is -2.08. The highest BCUT2D eigenvalue weighted by molar-refractivity contribution is 5.37. The Morgan fingerprint density at radius 1 is 1.38 bits per heavy atom. The summed E-state index contributed by atoms with van der Waals surface area (Å²) in [6.45, 7) is 0. The van der Waals surface area contributed by atoms with E-state index in [1.54, 1.807) is 0 Å². The molecule has 0 heterocycles. The first-order valence-electron chi connectivity index (χ1n) is 4.01. The lowest BCUT2D eigenvalue weighted by molar-refractivity contribution is 0.158. The van der Waals surface area contributed by atoms with Crippen molar-refractivity contribution in [2.75, 3.05) is 0 Å². The summed E-state index contributed by atoms with van der Waals surface area (Å²) < 4.78 is 25.8. The zero-order valence-corrected chi connectivity index (χ0v) is 6.80. The van der Waals surface area contributed by atoms with Crippen molar-refractivity contribution in [3.8, 4) is 0 Å². The fourth-order valence-corrected chi connectivity index (χ4v) is 1.68. The average Bonchev–Trinajstić information content (AvgIpc) is 2.32. The number of aliphatic hydroxyl groups excluding tert-OH is 1. The Bertz CT molecular complexity index is 354. The molecule has 2 nitrogen and oxygen atoms in total. The average molecular weight is 185 g/mol. The second kappa shape index (κ2) is 2.75. The molecule has 1 aromatic rings. The molecule has 0 radical (unpaired) electrons. The van der Waals surface area contributed by atoms with Gasteiger partial charge in [0.25, 0.3) is 0 Å². The lowest BCUT2D eigenvalue weighted by Crippen LogP contribution is -2.21. The van der Waals surface area contributed by atoms with Gasteiger partial charge in [-0.15, -0.1) is 0 Å². The van der Waals surface area contributed by atoms with Gasteiger partial charge in [-0.1, -0.05) is 0 Å². The summed E-state index contributed by atoms with van der Waals surface area (Å²) in [7, 11) is 0. The van der Waals surface area contributed by atoms with Gasteiger partial charge in [-0.05, 0) is 17.2 Å². The summed E-state index contributed by atoms with van der Waals surface area (Å²) in [6.07, 6.45) is -0.630. The number of fused-ring (bicyclic) bond motifs is 1. The van der Waals surface area contributed by atoms with E-state index in [1.165, 1.54) is 6.07 Å². The van der Waals surface area contributed by atoms with Crippen molar-refractivity contribution in [1.82, 2.24) is 0 Å². The highest BCUT2D eigenvalue weighted by atomic mass is 19.1. The number of hydrogen-bond donors (Lipinski definition) is 2. The smallest absolute Gasteiger partial charge is 0.129 e. The third-order valence-corrected chi connectivity index (χ3v) is 2.38. The predicted octanol–water partition coefficient (Wildman–Crippen LogP) is 0.882. The summed E-state index contributed by atoms with van der Waals surface area (Å²) in [5.41, 5.74) is 6.26. The summed E-state index contributed by atoms with van der Waals surface area (Å²) in [5, 5.41) is 9.32. The van der Waals surface area contributed by atoms with E-state index in [4.69, 9.17) is 5.73 Å². The molecule has 2 rings (SSSR count). The van der Waals surface area contributed by atoms with Crippen molar-refractivity contribution in [2.24, 2.45) is 5.73 Å². The van der Waals surface area contributed by atoms with Gasteiger partial charge in [-0.25, -0.2) is 8.78 Å². The number of rotatable bonds is 0. The molecule has 3 N–H and O–H groups in total. The molecule has 0 bridgehead atoms. The second-order valence-electron chi connectivity index (χ2n) is 3.25. The van der Waals surface area contributed by atoms with Crippen LogP contribution >= 0.6 is 0 Å². The molecule has 0 saturated heterocycles. The first kappa shape index (κ1) is 8.59. The van der Waals surface area contributed by atoms with Gasteiger partial charge in [0.2, 0.25) is 0 Å². The summed E-state index contributed by atoms with van der Waals surface area (Å²) >= 11 is 0. The van der Waals surface area contributed by atoms with Crippen LogP contribution in [0, 0.1) is 11.6 Å². The Morgan fingerprint density at radius 2 is 2.08 bits per heavy atom. The van der Waals surface area contributed by atoms with Gasteiger partial charge in [0.05, 0.1) is 12.1 Å². The Morgan fingerprint density at radius 3 is 2.77 bits per heavy atom. The largest absolute Gasteiger partial charge is 0.391 e.